The number of fused-ring (bicyclic) bond motifs is 1. The van der Waals surface area contributed by atoms with E-state index in [0.717, 1.165) is 49.3 Å². The Kier molecular flexibility index (Phi) is 4.39. The molecule has 5 nitrogen and oxygen atoms in total. The van der Waals surface area contributed by atoms with Crippen molar-refractivity contribution >= 4 is 22.6 Å². The van der Waals surface area contributed by atoms with Crippen molar-refractivity contribution in [2.45, 2.75) is 6.54 Å². The largest absolute Gasteiger partial charge is 0.359 e. The minimum atomic E-state index is -0.0240. The van der Waals surface area contributed by atoms with Gasteiger partial charge in [-0.25, -0.2) is 4.79 Å². The number of benzene rings is 2. The lowest BCUT2D eigenvalue weighted by atomic mass is 10.2. The molecule has 128 valence electrons. The van der Waals surface area contributed by atoms with E-state index in [4.69, 9.17) is 0 Å². The standard InChI is InChI=1S/C20H22N4O/c25-20(22-19-14-21-18-9-5-4-8-17(18)19)24-12-10-23(11-13-24)15-16-6-2-1-3-7-16/h1-9,14,21H,10-13,15H2,(H,22,25). The highest BCUT2D eigenvalue weighted by molar-refractivity contribution is 6.00. The summed E-state index contributed by atoms with van der Waals surface area (Å²) in [4.78, 5) is 20.0. The topological polar surface area (TPSA) is 51.4 Å². The van der Waals surface area contributed by atoms with Crippen molar-refractivity contribution in [3.63, 3.8) is 0 Å². The van der Waals surface area contributed by atoms with Gasteiger partial charge in [-0.05, 0) is 11.6 Å². The van der Waals surface area contributed by atoms with E-state index >= 15 is 0 Å². The SMILES string of the molecule is O=C(Nc1c[nH]c2ccccc12)N1CCN(Cc2ccccc2)CC1. The second kappa shape index (κ2) is 6.99. The van der Waals surface area contributed by atoms with Crippen LogP contribution in [0, 0.1) is 0 Å². The van der Waals surface area contributed by atoms with Crippen LogP contribution in [0.25, 0.3) is 10.9 Å². The molecule has 5 heteroatoms. The smallest absolute Gasteiger partial charge is 0.321 e. The van der Waals surface area contributed by atoms with Crippen molar-refractivity contribution in [1.82, 2.24) is 14.8 Å². The third-order valence-electron chi connectivity index (χ3n) is 4.74. The second-order valence-electron chi connectivity index (χ2n) is 6.43. The predicted octanol–water partition coefficient (Wildman–Crippen LogP) is 3.52. The molecule has 0 bridgehead atoms. The maximum absolute atomic E-state index is 12.6. The van der Waals surface area contributed by atoms with Crippen LogP contribution in [-0.2, 0) is 6.54 Å². The van der Waals surface area contributed by atoms with Crippen LogP contribution in [0.3, 0.4) is 0 Å². The van der Waals surface area contributed by atoms with Gasteiger partial charge in [0.25, 0.3) is 0 Å². The van der Waals surface area contributed by atoms with Crippen LogP contribution >= 0.6 is 0 Å². The number of nitrogens with zero attached hydrogens (tertiary/aromatic N) is 2. The van der Waals surface area contributed by atoms with Gasteiger partial charge in [0.05, 0.1) is 5.69 Å². The lowest BCUT2D eigenvalue weighted by Crippen LogP contribution is -2.49. The van der Waals surface area contributed by atoms with Crippen LogP contribution in [0.4, 0.5) is 10.5 Å². The first kappa shape index (κ1) is 15.7. The summed E-state index contributed by atoms with van der Waals surface area (Å²) in [7, 11) is 0. The van der Waals surface area contributed by atoms with Gasteiger partial charge in [-0.2, -0.15) is 0 Å². The maximum Gasteiger partial charge on any atom is 0.321 e. The van der Waals surface area contributed by atoms with Gasteiger partial charge in [-0.3, -0.25) is 4.90 Å². The molecule has 0 spiro atoms. The molecule has 3 aromatic rings. The third-order valence-corrected chi connectivity index (χ3v) is 4.74. The van der Waals surface area contributed by atoms with Gasteiger partial charge in [0.1, 0.15) is 0 Å². The van der Waals surface area contributed by atoms with Crippen molar-refractivity contribution < 1.29 is 4.79 Å². The molecular formula is C20H22N4O. The number of piperazine rings is 1. The molecule has 1 aliphatic rings. The van der Waals surface area contributed by atoms with Crippen molar-refractivity contribution in [3.8, 4) is 0 Å². The molecule has 0 saturated carbocycles. The van der Waals surface area contributed by atoms with E-state index in [9.17, 15) is 4.79 Å². The number of carbonyl (C=O) groups is 1. The first-order valence-electron chi connectivity index (χ1n) is 8.68. The summed E-state index contributed by atoms with van der Waals surface area (Å²) in [5.74, 6) is 0. The number of rotatable bonds is 3. The zero-order chi connectivity index (χ0) is 17.1. The first-order valence-corrected chi connectivity index (χ1v) is 8.68. The van der Waals surface area contributed by atoms with Crippen LogP contribution in [0.15, 0.2) is 60.8 Å². The Morgan fingerprint density at radius 2 is 1.68 bits per heavy atom. The molecule has 2 aromatic carbocycles. The van der Waals surface area contributed by atoms with Gasteiger partial charge < -0.3 is 15.2 Å². The fourth-order valence-electron chi connectivity index (χ4n) is 3.32. The van der Waals surface area contributed by atoms with E-state index in [-0.39, 0.29) is 6.03 Å². The Labute approximate surface area is 147 Å². The number of H-pyrrole nitrogens is 1. The lowest BCUT2D eigenvalue weighted by Gasteiger charge is -2.34. The molecule has 1 saturated heterocycles. The number of hydrogen-bond acceptors (Lipinski definition) is 2. The van der Waals surface area contributed by atoms with Crippen LogP contribution < -0.4 is 5.32 Å². The summed E-state index contributed by atoms with van der Waals surface area (Å²) in [5.41, 5.74) is 3.19. The average molecular weight is 334 g/mol. The summed E-state index contributed by atoms with van der Waals surface area (Å²) in [6, 6.07) is 18.4. The van der Waals surface area contributed by atoms with E-state index in [1.165, 1.54) is 5.56 Å². The fraction of sp³-hybridized carbons (Fsp3) is 0.250. The molecule has 2 N–H and O–H groups in total. The molecule has 4 rings (SSSR count). The maximum atomic E-state index is 12.6. The molecule has 0 aliphatic carbocycles. The van der Waals surface area contributed by atoms with Crippen LogP contribution in [0.1, 0.15) is 5.56 Å². The lowest BCUT2D eigenvalue weighted by molar-refractivity contribution is 0.143. The molecule has 0 unspecified atom stereocenters. The van der Waals surface area contributed by atoms with Gasteiger partial charge in [-0.15, -0.1) is 0 Å². The predicted molar refractivity (Wildman–Crippen MR) is 101 cm³/mol. The number of aromatic nitrogens is 1. The number of urea groups is 1. The molecular weight excluding hydrogens is 312 g/mol. The molecule has 25 heavy (non-hydrogen) atoms. The monoisotopic (exact) mass is 334 g/mol. The summed E-state index contributed by atoms with van der Waals surface area (Å²) in [6.45, 7) is 4.24. The minimum absolute atomic E-state index is 0.0240. The molecule has 1 aliphatic heterocycles. The van der Waals surface area contributed by atoms with Gasteiger partial charge in [-0.1, -0.05) is 48.5 Å². The number of nitrogens with one attached hydrogen (secondary N) is 2. The molecule has 2 heterocycles. The van der Waals surface area contributed by atoms with Crippen LogP contribution in [-0.4, -0.2) is 47.0 Å². The van der Waals surface area contributed by atoms with E-state index < -0.39 is 0 Å². The van der Waals surface area contributed by atoms with E-state index in [1.54, 1.807) is 0 Å². The summed E-state index contributed by atoms with van der Waals surface area (Å²) in [5, 5.41) is 4.08. The van der Waals surface area contributed by atoms with E-state index in [0.29, 0.717) is 0 Å². The third kappa shape index (κ3) is 3.51. The molecule has 0 radical (unpaired) electrons. The van der Waals surface area contributed by atoms with Crippen molar-refractivity contribution in [3.05, 3.63) is 66.4 Å². The zero-order valence-electron chi connectivity index (χ0n) is 14.1. The van der Waals surface area contributed by atoms with Crippen molar-refractivity contribution in [2.24, 2.45) is 0 Å². The Balaban J connectivity index is 1.33. The Morgan fingerprint density at radius 1 is 0.960 bits per heavy atom. The normalized spacial score (nSPS) is 15.4. The second-order valence-corrected chi connectivity index (χ2v) is 6.43. The highest BCUT2D eigenvalue weighted by Crippen LogP contribution is 2.23. The highest BCUT2D eigenvalue weighted by atomic mass is 16.2. The van der Waals surface area contributed by atoms with Crippen molar-refractivity contribution in [2.75, 3.05) is 31.5 Å². The van der Waals surface area contributed by atoms with Crippen LogP contribution in [0.2, 0.25) is 0 Å². The first-order chi connectivity index (χ1) is 12.3. The Hall–Kier alpha value is -2.79. The zero-order valence-corrected chi connectivity index (χ0v) is 14.1. The number of para-hydroxylation sites is 1. The van der Waals surface area contributed by atoms with Gasteiger partial charge in [0, 0.05) is 49.8 Å². The summed E-state index contributed by atoms with van der Waals surface area (Å²) < 4.78 is 0. The summed E-state index contributed by atoms with van der Waals surface area (Å²) in [6.07, 6.45) is 1.86. The highest BCUT2D eigenvalue weighted by Gasteiger charge is 2.21. The number of aromatic amines is 1. The fourth-order valence-corrected chi connectivity index (χ4v) is 3.32. The molecule has 0 atom stereocenters. The van der Waals surface area contributed by atoms with E-state index in [1.807, 2.05) is 41.4 Å². The average Bonchev–Trinajstić information content (AvgIpc) is 3.06. The van der Waals surface area contributed by atoms with Gasteiger partial charge >= 0.3 is 6.03 Å². The van der Waals surface area contributed by atoms with Crippen molar-refractivity contribution in [1.29, 1.82) is 0 Å². The van der Waals surface area contributed by atoms with E-state index in [2.05, 4.69) is 39.5 Å². The Morgan fingerprint density at radius 3 is 2.48 bits per heavy atom. The quantitative estimate of drug-likeness (QED) is 0.770. The van der Waals surface area contributed by atoms with Gasteiger partial charge in [0.15, 0.2) is 0 Å². The number of carbonyl (C=O) groups excluding carboxylic acids is 1. The minimum Gasteiger partial charge on any atom is -0.359 e. The molecule has 1 aromatic heterocycles. The van der Waals surface area contributed by atoms with Gasteiger partial charge in [0.2, 0.25) is 0 Å². The summed E-state index contributed by atoms with van der Waals surface area (Å²) >= 11 is 0. The molecule has 2 amide bonds. The molecule has 1 fully saturated rings. The number of amides is 2. The Bertz CT molecular complexity index is 850. The number of anilines is 1. The van der Waals surface area contributed by atoms with Crippen LogP contribution in [0.5, 0.6) is 0 Å². The number of hydrogen-bond donors (Lipinski definition) is 2.